The third kappa shape index (κ3) is 2.89. The van der Waals surface area contributed by atoms with Crippen LogP contribution in [0.3, 0.4) is 0 Å². The molecule has 3 nitrogen and oxygen atoms in total. The second kappa shape index (κ2) is 5.48. The minimum atomic E-state index is 0.509. The summed E-state index contributed by atoms with van der Waals surface area (Å²) in [6, 6.07) is 0.857. The van der Waals surface area contributed by atoms with Crippen LogP contribution in [0.4, 0.5) is 0 Å². The lowest BCUT2D eigenvalue weighted by molar-refractivity contribution is -0.0178. The topological polar surface area (TPSA) is 15.7 Å². The number of hydrogen-bond acceptors (Lipinski definition) is 3. The summed E-state index contributed by atoms with van der Waals surface area (Å²) in [5.74, 6) is 0. The Balaban J connectivity index is 1.54. The maximum absolute atomic E-state index is 5.51. The maximum Gasteiger partial charge on any atom is 0.0471 e. The first-order valence-electron chi connectivity index (χ1n) is 7.79. The van der Waals surface area contributed by atoms with Crippen molar-refractivity contribution < 1.29 is 4.74 Å². The summed E-state index contributed by atoms with van der Waals surface area (Å²) in [6.45, 7) is 11.0. The summed E-state index contributed by atoms with van der Waals surface area (Å²) in [7, 11) is 0. The summed E-state index contributed by atoms with van der Waals surface area (Å²) >= 11 is 0. The molecule has 3 aliphatic heterocycles. The van der Waals surface area contributed by atoms with Gasteiger partial charge in [0, 0.05) is 45.4 Å². The van der Waals surface area contributed by atoms with E-state index in [4.69, 9.17) is 4.74 Å². The molecule has 1 atom stereocenters. The molecule has 0 saturated carbocycles. The fraction of sp³-hybridized carbons (Fsp3) is 1.00. The molecule has 3 rings (SSSR count). The number of rotatable bonds is 2. The average Bonchev–Trinajstić information content (AvgIpc) is 2.39. The molecule has 3 aliphatic rings. The van der Waals surface area contributed by atoms with Crippen LogP contribution >= 0.6 is 0 Å². The molecule has 0 aliphatic carbocycles. The first-order chi connectivity index (χ1) is 8.75. The van der Waals surface area contributed by atoms with Crippen molar-refractivity contribution in [2.24, 2.45) is 5.41 Å². The van der Waals surface area contributed by atoms with Gasteiger partial charge in [0.25, 0.3) is 0 Å². The average molecular weight is 252 g/mol. The molecule has 0 amide bonds. The molecule has 0 aromatic carbocycles. The van der Waals surface area contributed by atoms with Crippen molar-refractivity contribution in [2.75, 3.05) is 45.9 Å². The summed E-state index contributed by atoms with van der Waals surface area (Å²) in [6.07, 6.45) is 6.79. The lowest BCUT2D eigenvalue weighted by atomic mass is 9.81. The predicted octanol–water partition coefficient (Wildman–Crippen LogP) is 1.97. The Morgan fingerprint density at radius 1 is 1.11 bits per heavy atom. The fourth-order valence-corrected chi connectivity index (χ4v) is 3.93. The summed E-state index contributed by atoms with van der Waals surface area (Å²) in [4.78, 5) is 5.46. The second-order valence-electron chi connectivity index (χ2n) is 6.84. The smallest absolute Gasteiger partial charge is 0.0471 e. The molecule has 0 aromatic heterocycles. The zero-order valence-corrected chi connectivity index (χ0v) is 11.9. The van der Waals surface area contributed by atoms with Crippen molar-refractivity contribution in [3.05, 3.63) is 0 Å². The highest BCUT2D eigenvalue weighted by molar-refractivity contribution is 4.88. The monoisotopic (exact) mass is 252 g/mol. The van der Waals surface area contributed by atoms with Gasteiger partial charge in [-0.3, -0.25) is 9.80 Å². The van der Waals surface area contributed by atoms with Gasteiger partial charge in [0.1, 0.15) is 0 Å². The van der Waals surface area contributed by atoms with Gasteiger partial charge < -0.3 is 4.74 Å². The van der Waals surface area contributed by atoms with Crippen LogP contribution in [-0.4, -0.2) is 61.8 Å². The van der Waals surface area contributed by atoms with Crippen molar-refractivity contribution in [3.63, 3.8) is 0 Å². The zero-order valence-electron chi connectivity index (χ0n) is 11.9. The molecule has 3 saturated heterocycles. The number of piperidine rings is 1. The number of ether oxygens (including phenoxy) is 1. The number of nitrogens with zero attached hydrogens (tertiary/aromatic N) is 2. The molecule has 0 radical (unpaired) electrons. The number of hydrogen-bond donors (Lipinski definition) is 0. The maximum atomic E-state index is 5.51. The number of piperazine rings is 1. The van der Waals surface area contributed by atoms with Crippen LogP contribution in [0.1, 0.15) is 39.0 Å². The van der Waals surface area contributed by atoms with Crippen LogP contribution < -0.4 is 0 Å². The van der Waals surface area contributed by atoms with Gasteiger partial charge in [0.05, 0.1) is 0 Å². The van der Waals surface area contributed by atoms with Gasteiger partial charge in [-0.25, -0.2) is 0 Å². The van der Waals surface area contributed by atoms with E-state index in [2.05, 4.69) is 16.7 Å². The van der Waals surface area contributed by atoms with Crippen molar-refractivity contribution >= 4 is 0 Å². The minimum Gasteiger partial charge on any atom is -0.381 e. The van der Waals surface area contributed by atoms with Crippen LogP contribution in [-0.2, 0) is 4.74 Å². The first-order valence-corrected chi connectivity index (χ1v) is 7.79. The minimum absolute atomic E-state index is 0.509. The molecule has 0 aromatic rings. The van der Waals surface area contributed by atoms with Crippen molar-refractivity contribution in [1.29, 1.82) is 0 Å². The Morgan fingerprint density at radius 2 is 1.94 bits per heavy atom. The van der Waals surface area contributed by atoms with E-state index < -0.39 is 0 Å². The molecule has 104 valence electrons. The van der Waals surface area contributed by atoms with Gasteiger partial charge in [-0.15, -0.1) is 0 Å². The van der Waals surface area contributed by atoms with E-state index in [0.717, 1.165) is 19.3 Å². The van der Waals surface area contributed by atoms with Gasteiger partial charge in [-0.2, -0.15) is 0 Å². The Labute approximate surface area is 111 Å². The van der Waals surface area contributed by atoms with E-state index >= 15 is 0 Å². The van der Waals surface area contributed by atoms with Crippen LogP contribution in [0.15, 0.2) is 0 Å². The summed E-state index contributed by atoms with van der Waals surface area (Å²) in [5.41, 5.74) is 0.509. The normalized spacial score (nSPS) is 34.2. The van der Waals surface area contributed by atoms with E-state index in [1.54, 1.807) is 0 Å². The van der Waals surface area contributed by atoms with E-state index in [1.165, 1.54) is 64.8 Å². The quantitative estimate of drug-likeness (QED) is 0.747. The van der Waals surface area contributed by atoms with Crippen molar-refractivity contribution in [2.45, 2.75) is 45.1 Å². The lowest BCUT2D eigenvalue weighted by Crippen LogP contribution is -2.56. The van der Waals surface area contributed by atoms with Gasteiger partial charge in [0.2, 0.25) is 0 Å². The fourth-order valence-electron chi connectivity index (χ4n) is 3.93. The highest BCUT2D eigenvalue weighted by atomic mass is 16.5. The largest absolute Gasteiger partial charge is 0.381 e. The Hall–Kier alpha value is -0.120. The molecule has 3 fully saturated rings. The Morgan fingerprint density at radius 3 is 2.78 bits per heavy atom. The highest BCUT2D eigenvalue weighted by Crippen LogP contribution is 2.32. The van der Waals surface area contributed by atoms with E-state index in [-0.39, 0.29) is 0 Å². The molecule has 3 heterocycles. The van der Waals surface area contributed by atoms with E-state index in [1.807, 2.05) is 0 Å². The van der Waals surface area contributed by atoms with E-state index in [0.29, 0.717) is 5.41 Å². The Bertz CT molecular complexity index is 276. The number of fused-ring (bicyclic) bond motifs is 1. The van der Waals surface area contributed by atoms with Gasteiger partial charge in [-0.1, -0.05) is 13.3 Å². The molecule has 1 unspecified atom stereocenters. The van der Waals surface area contributed by atoms with Crippen LogP contribution in [0.25, 0.3) is 0 Å². The van der Waals surface area contributed by atoms with Gasteiger partial charge in [-0.05, 0) is 37.6 Å². The van der Waals surface area contributed by atoms with Crippen LogP contribution in [0.2, 0.25) is 0 Å². The van der Waals surface area contributed by atoms with E-state index in [9.17, 15) is 0 Å². The SMILES string of the molecule is CC1(CN2CCN3CCCCC3C2)CCOCC1. The molecule has 0 spiro atoms. The zero-order chi connectivity index (χ0) is 12.4. The first kappa shape index (κ1) is 12.9. The summed E-state index contributed by atoms with van der Waals surface area (Å²) < 4.78 is 5.51. The lowest BCUT2D eigenvalue weighted by Gasteiger charge is -2.47. The molecule has 18 heavy (non-hydrogen) atoms. The second-order valence-corrected chi connectivity index (χ2v) is 6.84. The molecular formula is C15H28N2O. The standard InChI is InChI=1S/C15H28N2O/c1-15(5-10-18-11-6-15)13-16-8-9-17-7-3-2-4-14(17)12-16/h14H,2-13H2,1H3. The summed E-state index contributed by atoms with van der Waals surface area (Å²) in [5, 5.41) is 0. The molecule has 3 heteroatoms. The van der Waals surface area contributed by atoms with Gasteiger partial charge in [0.15, 0.2) is 0 Å². The highest BCUT2D eigenvalue weighted by Gasteiger charge is 2.34. The molecule has 0 N–H and O–H groups in total. The molecular weight excluding hydrogens is 224 g/mol. The van der Waals surface area contributed by atoms with Crippen LogP contribution in [0.5, 0.6) is 0 Å². The van der Waals surface area contributed by atoms with Crippen molar-refractivity contribution in [3.8, 4) is 0 Å². The predicted molar refractivity (Wildman–Crippen MR) is 73.8 cm³/mol. The Kier molecular flexibility index (Phi) is 3.92. The third-order valence-corrected chi connectivity index (χ3v) is 5.23. The van der Waals surface area contributed by atoms with Crippen molar-refractivity contribution in [1.82, 2.24) is 9.80 Å². The van der Waals surface area contributed by atoms with Crippen LogP contribution in [0, 0.1) is 5.41 Å². The van der Waals surface area contributed by atoms with Gasteiger partial charge >= 0.3 is 0 Å². The molecule has 0 bridgehead atoms. The third-order valence-electron chi connectivity index (χ3n) is 5.23.